The summed E-state index contributed by atoms with van der Waals surface area (Å²) in [7, 11) is 0. The second kappa shape index (κ2) is 6.56. The number of nitrogens with one attached hydrogen (secondary N) is 1. The predicted molar refractivity (Wildman–Crippen MR) is 83.2 cm³/mol. The number of aromatic amines is 1. The lowest BCUT2D eigenvalue weighted by Crippen LogP contribution is -2.50. The number of hydrogen-bond donors (Lipinski definition) is 1. The number of carbonyl (C=O) groups is 1. The highest BCUT2D eigenvalue weighted by Gasteiger charge is 2.32. The van der Waals surface area contributed by atoms with Gasteiger partial charge in [-0.1, -0.05) is 0 Å². The highest BCUT2D eigenvalue weighted by molar-refractivity contribution is 7.73. The Morgan fingerprint density at radius 2 is 2.24 bits per heavy atom. The molecule has 0 unspecified atom stereocenters. The molecule has 2 saturated heterocycles. The molecule has 0 aromatic carbocycles. The fraction of sp³-hybridized carbons (Fsp3) is 0.714. The summed E-state index contributed by atoms with van der Waals surface area (Å²) in [4.78, 5) is 18.5. The molecule has 0 aliphatic carbocycles. The van der Waals surface area contributed by atoms with Crippen molar-refractivity contribution in [3.8, 4) is 0 Å². The molecule has 7 heteroatoms. The van der Waals surface area contributed by atoms with Crippen molar-refractivity contribution in [2.24, 2.45) is 0 Å². The number of hydrogen-bond acceptors (Lipinski definition) is 5. The Kier molecular flexibility index (Phi) is 4.73. The van der Waals surface area contributed by atoms with E-state index in [0.29, 0.717) is 26.1 Å². The van der Waals surface area contributed by atoms with Gasteiger partial charge in [0.15, 0.2) is 3.95 Å². The SMILES string of the molecule is Cc1[nH]c(=S)sc1CC(=O)N1CCO[C@@H]([C@H]2CCCO2)C1. The molecule has 2 aliphatic rings. The topological polar surface area (TPSA) is 54.6 Å². The Balaban J connectivity index is 1.61. The summed E-state index contributed by atoms with van der Waals surface area (Å²) < 4.78 is 12.2. The largest absolute Gasteiger partial charge is 0.375 e. The second-order valence-electron chi connectivity index (χ2n) is 5.54. The average Bonchev–Trinajstić information content (AvgIpc) is 3.09. The van der Waals surface area contributed by atoms with Crippen molar-refractivity contribution in [1.82, 2.24) is 9.88 Å². The summed E-state index contributed by atoms with van der Waals surface area (Å²) in [5.74, 6) is 0.148. The Morgan fingerprint density at radius 3 is 2.90 bits per heavy atom. The molecular weight excluding hydrogens is 308 g/mol. The Hall–Kier alpha value is -0.760. The Labute approximate surface area is 133 Å². The van der Waals surface area contributed by atoms with Crippen LogP contribution in [0.5, 0.6) is 0 Å². The highest BCUT2D eigenvalue weighted by atomic mass is 32.1. The van der Waals surface area contributed by atoms with Gasteiger partial charge < -0.3 is 19.4 Å². The monoisotopic (exact) mass is 328 g/mol. The van der Waals surface area contributed by atoms with Gasteiger partial charge in [-0.15, -0.1) is 11.3 Å². The molecule has 0 saturated carbocycles. The zero-order valence-corrected chi connectivity index (χ0v) is 13.7. The molecule has 116 valence electrons. The van der Waals surface area contributed by atoms with Gasteiger partial charge in [-0.05, 0) is 32.0 Å². The standard InChI is InChI=1S/C14H20N2O3S2/c1-9-12(21-14(20)15-9)7-13(17)16-4-6-19-11(8-16)10-3-2-5-18-10/h10-11H,2-8H2,1H3,(H,15,20)/t10-,11-/m1/s1. The Bertz CT molecular complexity index is 563. The van der Waals surface area contributed by atoms with E-state index in [0.717, 1.165) is 34.0 Å². The maximum absolute atomic E-state index is 12.5. The number of thiazole rings is 1. The number of aromatic nitrogens is 1. The number of aryl methyl sites for hydroxylation is 1. The predicted octanol–water partition coefficient (Wildman–Crippen LogP) is 2.06. The zero-order chi connectivity index (χ0) is 14.8. The van der Waals surface area contributed by atoms with E-state index in [9.17, 15) is 4.79 Å². The van der Waals surface area contributed by atoms with Crippen molar-refractivity contribution < 1.29 is 14.3 Å². The van der Waals surface area contributed by atoms with Crippen LogP contribution in [-0.2, 0) is 20.7 Å². The molecule has 1 aromatic heterocycles. The first-order valence-electron chi connectivity index (χ1n) is 7.33. The second-order valence-corrected chi connectivity index (χ2v) is 7.31. The average molecular weight is 328 g/mol. The number of ether oxygens (including phenoxy) is 2. The third-order valence-corrected chi connectivity index (χ3v) is 5.40. The van der Waals surface area contributed by atoms with Crippen LogP contribution < -0.4 is 0 Å². The minimum absolute atomic E-state index is 0.0238. The van der Waals surface area contributed by atoms with Gasteiger partial charge in [0.05, 0.1) is 19.1 Å². The molecular formula is C14H20N2O3S2. The molecule has 21 heavy (non-hydrogen) atoms. The van der Waals surface area contributed by atoms with Crippen LogP contribution in [0.2, 0.25) is 0 Å². The van der Waals surface area contributed by atoms with Crippen molar-refractivity contribution in [2.75, 3.05) is 26.3 Å². The van der Waals surface area contributed by atoms with Gasteiger partial charge in [0.25, 0.3) is 0 Å². The maximum atomic E-state index is 12.5. The van der Waals surface area contributed by atoms with E-state index in [1.807, 2.05) is 11.8 Å². The molecule has 0 spiro atoms. The first kappa shape index (κ1) is 15.1. The van der Waals surface area contributed by atoms with Crippen molar-refractivity contribution in [2.45, 2.75) is 38.4 Å². The Morgan fingerprint density at radius 1 is 1.43 bits per heavy atom. The van der Waals surface area contributed by atoms with Gasteiger partial charge in [-0.3, -0.25) is 4.79 Å². The highest BCUT2D eigenvalue weighted by Crippen LogP contribution is 2.22. The number of H-pyrrole nitrogens is 1. The lowest BCUT2D eigenvalue weighted by molar-refractivity contribution is -0.144. The van der Waals surface area contributed by atoms with Gasteiger partial charge in [0.1, 0.15) is 6.10 Å². The summed E-state index contributed by atoms with van der Waals surface area (Å²) in [5, 5.41) is 0. The van der Waals surface area contributed by atoms with Crippen molar-refractivity contribution in [3.05, 3.63) is 14.5 Å². The minimum Gasteiger partial charge on any atom is -0.375 e. The number of carbonyl (C=O) groups excluding carboxylic acids is 1. The van der Waals surface area contributed by atoms with Crippen LogP contribution in [0.3, 0.4) is 0 Å². The summed E-state index contributed by atoms with van der Waals surface area (Å²) in [6, 6.07) is 0. The van der Waals surface area contributed by atoms with E-state index in [-0.39, 0.29) is 18.1 Å². The number of nitrogens with zero attached hydrogens (tertiary/aromatic N) is 1. The number of amides is 1. The van der Waals surface area contributed by atoms with Gasteiger partial charge in [-0.2, -0.15) is 0 Å². The van der Waals surface area contributed by atoms with Gasteiger partial charge in [0, 0.05) is 30.3 Å². The minimum atomic E-state index is 0.0238. The van der Waals surface area contributed by atoms with Crippen LogP contribution >= 0.6 is 23.6 Å². The van der Waals surface area contributed by atoms with E-state index in [2.05, 4.69) is 4.98 Å². The summed E-state index contributed by atoms with van der Waals surface area (Å²) in [5.41, 5.74) is 1.00. The molecule has 0 radical (unpaired) electrons. The molecule has 1 amide bonds. The lowest BCUT2D eigenvalue weighted by Gasteiger charge is -2.35. The van der Waals surface area contributed by atoms with Crippen LogP contribution in [0, 0.1) is 10.9 Å². The summed E-state index contributed by atoms with van der Waals surface area (Å²) >= 11 is 6.61. The summed E-state index contributed by atoms with van der Waals surface area (Å²) in [6.45, 7) is 4.67. The lowest BCUT2D eigenvalue weighted by atomic mass is 10.1. The van der Waals surface area contributed by atoms with Crippen molar-refractivity contribution in [3.63, 3.8) is 0 Å². The smallest absolute Gasteiger partial charge is 0.228 e. The molecule has 3 rings (SSSR count). The van der Waals surface area contributed by atoms with Crippen LogP contribution in [0.1, 0.15) is 23.4 Å². The van der Waals surface area contributed by atoms with Crippen LogP contribution in [0.4, 0.5) is 0 Å². The quantitative estimate of drug-likeness (QED) is 0.863. The van der Waals surface area contributed by atoms with Gasteiger partial charge in [0.2, 0.25) is 5.91 Å². The van der Waals surface area contributed by atoms with E-state index in [1.54, 1.807) is 0 Å². The first-order chi connectivity index (χ1) is 10.1. The molecule has 2 atom stereocenters. The van der Waals surface area contributed by atoms with Gasteiger partial charge >= 0.3 is 0 Å². The van der Waals surface area contributed by atoms with E-state index in [4.69, 9.17) is 21.7 Å². The van der Waals surface area contributed by atoms with Crippen molar-refractivity contribution in [1.29, 1.82) is 0 Å². The molecule has 0 bridgehead atoms. The third-order valence-electron chi connectivity index (χ3n) is 4.06. The van der Waals surface area contributed by atoms with Crippen molar-refractivity contribution >= 4 is 29.5 Å². The molecule has 2 aliphatic heterocycles. The third kappa shape index (κ3) is 3.53. The van der Waals surface area contributed by atoms with Crippen LogP contribution in [0.15, 0.2) is 0 Å². The fourth-order valence-corrected chi connectivity index (χ4v) is 4.16. The normalized spacial score (nSPS) is 26.2. The molecule has 1 aromatic rings. The van der Waals surface area contributed by atoms with Crippen LogP contribution in [0.25, 0.3) is 0 Å². The fourth-order valence-electron chi connectivity index (χ4n) is 2.88. The molecule has 1 N–H and O–H groups in total. The van der Waals surface area contributed by atoms with Crippen LogP contribution in [-0.4, -0.2) is 54.3 Å². The van der Waals surface area contributed by atoms with E-state index in [1.165, 1.54) is 11.3 Å². The summed E-state index contributed by atoms with van der Waals surface area (Å²) in [6.07, 6.45) is 2.71. The maximum Gasteiger partial charge on any atom is 0.228 e. The molecule has 5 nitrogen and oxygen atoms in total. The van der Waals surface area contributed by atoms with E-state index >= 15 is 0 Å². The van der Waals surface area contributed by atoms with Gasteiger partial charge in [-0.25, -0.2) is 0 Å². The molecule has 3 heterocycles. The van der Waals surface area contributed by atoms with E-state index < -0.39 is 0 Å². The molecule has 2 fully saturated rings. The number of morpholine rings is 1. The number of rotatable bonds is 3. The first-order valence-corrected chi connectivity index (χ1v) is 8.55. The zero-order valence-electron chi connectivity index (χ0n) is 12.1.